The number of oxazole rings is 1. The van der Waals surface area contributed by atoms with Gasteiger partial charge < -0.3 is 4.42 Å². The molecule has 0 aliphatic heterocycles. The summed E-state index contributed by atoms with van der Waals surface area (Å²) >= 11 is 0. The van der Waals surface area contributed by atoms with Gasteiger partial charge in [0, 0.05) is 31.2 Å². The Morgan fingerprint density at radius 1 is 1.33 bits per heavy atom. The summed E-state index contributed by atoms with van der Waals surface area (Å²) in [5.41, 5.74) is 0.524. The highest BCUT2D eigenvalue weighted by atomic mass is 32.2. The molecule has 0 radical (unpaired) electrons. The van der Waals surface area contributed by atoms with Crippen molar-refractivity contribution in [3.05, 3.63) is 36.9 Å². The maximum absolute atomic E-state index is 13.4. The molecule has 0 unspecified atom stereocenters. The van der Waals surface area contributed by atoms with E-state index >= 15 is 0 Å². The van der Waals surface area contributed by atoms with Crippen molar-refractivity contribution in [1.29, 1.82) is 0 Å². The van der Waals surface area contributed by atoms with Crippen LogP contribution in [0.15, 0.2) is 35.5 Å². The number of halogens is 1. The maximum atomic E-state index is 13.4. The van der Waals surface area contributed by atoms with Crippen molar-refractivity contribution in [1.82, 2.24) is 18.2 Å². The Morgan fingerprint density at radius 2 is 2.10 bits per heavy atom. The standard InChI is InChI=1S/C12H11FN4O3S/c1-16(2)21(18,19)17-6-10(11-5-14-7-20-11)9-3-8(13)4-15-12(9)17/h3-7H,1-2H3. The molecule has 7 nitrogen and oxygen atoms in total. The number of nitrogens with zero attached hydrogens (tertiary/aromatic N) is 4. The van der Waals surface area contributed by atoms with E-state index in [1.54, 1.807) is 0 Å². The van der Waals surface area contributed by atoms with Crippen LogP contribution in [0, 0.1) is 5.82 Å². The lowest BCUT2D eigenvalue weighted by molar-refractivity contribution is 0.512. The van der Waals surface area contributed by atoms with E-state index in [0.29, 0.717) is 16.7 Å². The van der Waals surface area contributed by atoms with Crippen LogP contribution in [0.3, 0.4) is 0 Å². The highest BCUT2D eigenvalue weighted by Gasteiger charge is 2.23. The largest absolute Gasteiger partial charge is 0.443 e. The van der Waals surface area contributed by atoms with Crippen molar-refractivity contribution in [2.24, 2.45) is 0 Å². The molecule has 0 aromatic carbocycles. The van der Waals surface area contributed by atoms with Gasteiger partial charge in [-0.2, -0.15) is 12.7 Å². The first kappa shape index (κ1) is 13.7. The Balaban J connectivity index is 2.39. The van der Waals surface area contributed by atoms with Crippen molar-refractivity contribution >= 4 is 21.2 Å². The second-order valence-electron chi connectivity index (χ2n) is 4.52. The first-order chi connectivity index (χ1) is 9.91. The van der Waals surface area contributed by atoms with Crippen molar-refractivity contribution in [3.63, 3.8) is 0 Å². The fourth-order valence-corrected chi connectivity index (χ4v) is 2.91. The quantitative estimate of drug-likeness (QED) is 0.732. The van der Waals surface area contributed by atoms with E-state index in [-0.39, 0.29) is 5.65 Å². The normalized spacial score (nSPS) is 12.4. The van der Waals surface area contributed by atoms with Crippen molar-refractivity contribution in [3.8, 4) is 11.3 Å². The van der Waals surface area contributed by atoms with E-state index in [9.17, 15) is 12.8 Å². The molecule has 0 aliphatic rings. The van der Waals surface area contributed by atoms with Crippen molar-refractivity contribution in [2.75, 3.05) is 14.1 Å². The Bertz CT molecular complexity index is 900. The van der Waals surface area contributed by atoms with E-state index in [4.69, 9.17) is 4.42 Å². The average molecular weight is 310 g/mol. The lowest BCUT2D eigenvalue weighted by atomic mass is 10.2. The second-order valence-corrected chi connectivity index (χ2v) is 6.54. The summed E-state index contributed by atoms with van der Waals surface area (Å²) in [7, 11) is -0.980. The molecule has 0 fully saturated rings. The van der Waals surface area contributed by atoms with Gasteiger partial charge in [-0.15, -0.1) is 0 Å². The molecular weight excluding hydrogens is 299 g/mol. The summed E-state index contributed by atoms with van der Waals surface area (Å²) in [6.45, 7) is 0. The molecule has 0 saturated heterocycles. The molecule has 0 amide bonds. The van der Waals surface area contributed by atoms with Crippen molar-refractivity contribution < 1.29 is 17.2 Å². The molecule has 3 aromatic rings. The van der Waals surface area contributed by atoms with Crippen LogP contribution in [0.4, 0.5) is 4.39 Å². The van der Waals surface area contributed by atoms with Crippen molar-refractivity contribution in [2.45, 2.75) is 0 Å². The molecule has 0 saturated carbocycles. The van der Waals surface area contributed by atoms with Gasteiger partial charge in [0.1, 0.15) is 5.82 Å². The van der Waals surface area contributed by atoms with Crippen LogP contribution in [0.2, 0.25) is 0 Å². The van der Waals surface area contributed by atoms with Gasteiger partial charge in [-0.05, 0) is 6.07 Å². The SMILES string of the molecule is CN(C)S(=O)(=O)n1cc(-c2cnco2)c2cc(F)cnc21. The third kappa shape index (κ3) is 2.10. The number of pyridine rings is 1. The van der Waals surface area contributed by atoms with E-state index < -0.39 is 16.0 Å². The molecule has 0 bridgehead atoms. The third-order valence-corrected chi connectivity index (χ3v) is 4.68. The zero-order valence-electron chi connectivity index (χ0n) is 11.2. The zero-order chi connectivity index (χ0) is 15.2. The van der Waals surface area contributed by atoms with Gasteiger partial charge in [0.05, 0.1) is 12.4 Å². The number of aromatic nitrogens is 3. The van der Waals surface area contributed by atoms with Gasteiger partial charge in [0.15, 0.2) is 17.8 Å². The summed E-state index contributed by atoms with van der Waals surface area (Å²) < 4.78 is 45.3. The minimum absolute atomic E-state index is 0.122. The highest BCUT2D eigenvalue weighted by molar-refractivity contribution is 7.87. The molecule has 3 heterocycles. The predicted molar refractivity (Wildman–Crippen MR) is 73.2 cm³/mol. The van der Waals surface area contributed by atoms with Gasteiger partial charge in [-0.25, -0.2) is 18.3 Å². The van der Waals surface area contributed by atoms with E-state index in [0.717, 1.165) is 14.5 Å². The molecule has 9 heteroatoms. The fourth-order valence-electron chi connectivity index (χ4n) is 1.95. The summed E-state index contributed by atoms with van der Waals surface area (Å²) in [6, 6.07) is 1.21. The molecule has 0 spiro atoms. The minimum atomic E-state index is -3.78. The topological polar surface area (TPSA) is 81.2 Å². The average Bonchev–Trinajstić information content (AvgIpc) is 3.04. The van der Waals surface area contributed by atoms with Gasteiger partial charge in [0.25, 0.3) is 0 Å². The fraction of sp³-hybridized carbons (Fsp3) is 0.167. The van der Waals surface area contributed by atoms with Crippen LogP contribution in [-0.2, 0) is 10.2 Å². The van der Waals surface area contributed by atoms with Gasteiger partial charge >= 0.3 is 10.2 Å². The number of hydrogen-bond donors (Lipinski definition) is 0. The van der Waals surface area contributed by atoms with Crippen LogP contribution in [0.25, 0.3) is 22.4 Å². The maximum Gasteiger partial charge on any atom is 0.308 e. The third-order valence-electron chi connectivity index (χ3n) is 2.99. The van der Waals surface area contributed by atoms with Crippen LogP contribution >= 0.6 is 0 Å². The van der Waals surface area contributed by atoms with E-state index in [1.807, 2.05) is 0 Å². The first-order valence-corrected chi connectivity index (χ1v) is 7.29. The first-order valence-electron chi connectivity index (χ1n) is 5.90. The lowest BCUT2D eigenvalue weighted by Gasteiger charge is -2.12. The second kappa shape index (κ2) is 4.64. The molecule has 0 N–H and O–H groups in total. The van der Waals surface area contributed by atoms with Crippen LogP contribution in [-0.4, -0.2) is 40.8 Å². The highest BCUT2D eigenvalue weighted by Crippen LogP contribution is 2.31. The number of rotatable bonds is 3. The summed E-state index contributed by atoms with van der Waals surface area (Å²) in [4.78, 5) is 7.66. The summed E-state index contributed by atoms with van der Waals surface area (Å²) in [5, 5.41) is 0.331. The van der Waals surface area contributed by atoms with E-state index in [2.05, 4.69) is 9.97 Å². The smallest absolute Gasteiger partial charge is 0.308 e. The Kier molecular flexibility index (Phi) is 3.03. The number of fused-ring (bicyclic) bond motifs is 1. The number of hydrogen-bond acceptors (Lipinski definition) is 5. The van der Waals surface area contributed by atoms with E-state index in [1.165, 1.54) is 38.9 Å². The van der Waals surface area contributed by atoms with Crippen LogP contribution < -0.4 is 0 Å². The van der Waals surface area contributed by atoms with Gasteiger partial charge in [-0.1, -0.05) is 0 Å². The Labute approximate surface area is 119 Å². The molecule has 0 aliphatic carbocycles. The summed E-state index contributed by atoms with van der Waals surface area (Å²) in [6.07, 6.45) is 4.94. The molecule has 0 atom stereocenters. The molecule has 110 valence electrons. The zero-order valence-corrected chi connectivity index (χ0v) is 12.0. The Hall–Kier alpha value is -2.26. The van der Waals surface area contributed by atoms with Gasteiger partial charge in [0.2, 0.25) is 0 Å². The molecule has 3 aromatic heterocycles. The monoisotopic (exact) mass is 310 g/mol. The molecular formula is C12H11FN4O3S. The minimum Gasteiger partial charge on any atom is -0.443 e. The molecule has 3 rings (SSSR count). The predicted octanol–water partition coefficient (Wildman–Crippen LogP) is 1.48. The molecule has 21 heavy (non-hydrogen) atoms. The van der Waals surface area contributed by atoms with Crippen LogP contribution in [0.5, 0.6) is 0 Å². The Morgan fingerprint density at radius 3 is 2.71 bits per heavy atom. The van der Waals surface area contributed by atoms with Gasteiger partial charge in [-0.3, -0.25) is 0 Å². The summed E-state index contributed by atoms with van der Waals surface area (Å²) in [5.74, 6) is -0.233. The van der Waals surface area contributed by atoms with Crippen LogP contribution in [0.1, 0.15) is 0 Å². The lowest BCUT2D eigenvalue weighted by Crippen LogP contribution is -2.28.